The van der Waals surface area contributed by atoms with Crippen molar-refractivity contribution < 1.29 is 13.2 Å². The van der Waals surface area contributed by atoms with Crippen molar-refractivity contribution in [2.75, 3.05) is 13.1 Å². The number of rotatable bonds is 7. The van der Waals surface area contributed by atoms with Gasteiger partial charge in [-0.25, -0.2) is 13.4 Å². The monoisotopic (exact) mass is 539 g/mol. The molecule has 1 aliphatic carbocycles. The summed E-state index contributed by atoms with van der Waals surface area (Å²) in [5.74, 6) is -0.0626. The number of fused-ring (bicyclic) bond motifs is 1. The maximum atomic E-state index is 13.8. The molecule has 1 amide bonds. The van der Waals surface area contributed by atoms with Crippen molar-refractivity contribution in [2.45, 2.75) is 44.0 Å². The van der Waals surface area contributed by atoms with Crippen LogP contribution in [0.25, 0.3) is 6.08 Å². The van der Waals surface area contributed by atoms with Crippen LogP contribution in [0.3, 0.4) is 0 Å². The van der Waals surface area contributed by atoms with Crippen molar-refractivity contribution in [1.29, 1.82) is 0 Å². The summed E-state index contributed by atoms with van der Waals surface area (Å²) in [6, 6.07) is 14.3. The van der Waals surface area contributed by atoms with Crippen LogP contribution in [0, 0.1) is 5.92 Å². The fraction of sp³-hybridized carbons (Fsp3) is 0.333. The van der Waals surface area contributed by atoms with Crippen molar-refractivity contribution in [3.63, 3.8) is 0 Å². The minimum Gasteiger partial charge on any atom is -0.267 e. The molecule has 1 fully saturated rings. The molecule has 188 valence electrons. The van der Waals surface area contributed by atoms with Gasteiger partial charge in [-0.15, -0.1) is 22.7 Å². The van der Waals surface area contributed by atoms with Gasteiger partial charge in [0.2, 0.25) is 10.0 Å². The number of hydrazone groups is 1. The van der Waals surface area contributed by atoms with E-state index < -0.39 is 10.0 Å². The number of hydrogen-bond donors (Lipinski definition) is 0. The highest BCUT2D eigenvalue weighted by Gasteiger charge is 2.44. The number of carbonyl (C=O) groups excluding carboxylic acids is 1. The first-order chi connectivity index (χ1) is 17.4. The Morgan fingerprint density at radius 2 is 1.81 bits per heavy atom. The smallest absolute Gasteiger partial charge is 0.267 e. The van der Waals surface area contributed by atoms with Crippen LogP contribution in [0.4, 0.5) is 0 Å². The Kier molecular flexibility index (Phi) is 7.25. The van der Waals surface area contributed by atoms with Crippen LogP contribution >= 0.6 is 22.7 Å². The standard InChI is InChI=1S/C27H29N3O3S3/c1-3-29(4-2)36(32,33)22-14-12-19(13-15-22)27(31)30-26(24-11-7-17-35-24)23-10-5-8-20(25(23)28-30)18-21-9-6-16-34-21/h6-7,9,11-18,23,26H,3-5,8,10H2,1-2H3/b20-18-. The number of carbonyl (C=O) groups is 1. The average molecular weight is 540 g/mol. The lowest BCUT2D eigenvalue weighted by Crippen LogP contribution is -2.32. The average Bonchev–Trinajstić information content (AvgIpc) is 3.65. The highest BCUT2D eigenvalue weighted by molar-refractivity contribution is 7.89. The third-order valence-corrected chi connectivity index (χ3v) is 10.7. The number of amides is 1. The summed E-state index contributed by atoms with van der Waals surface area (Å²) in [5, 5.41) is 10.7. The Morgan fingerprint density at radius 1 is 1.08 bits per heavy atom. The lowest BCUT2D eigenvalue weighted by Gasteiger charge is -2.28. The van der Waals surface area contributed by atoms with Crippen molar-refractivity contribution in [3.8, 4) is 0 Å². The normalized spacial score (nSPS) is 21.1. The van der Waals surface area contributed by atoms with E-state index in [1.165, 1.54) is 26.9 Å². The Morgan fingerprint density at radius 3 is 2.44 bits per heavy atom. The molecule has 0 spiro atoms. The molecular weight excluding hydrogens is 511 g/mol. The van der Waals surface area contributed by atoms with E-state index >= 15 is 0 Å². The van der Waals surface area contributed by atoms with E-state index in [4.69, 9.17) is 5.10 Å². The molecule has 2 atom stereocenters. The van der Waals surface area contributed by atoms with Crippen LogP contribution in [0.15, 0.2) is 74.9 Å². The number of benzene rings is 1. The van der Waals surface area contributed by atoms with E-state index in [2.05, 4.69) is 23.6 Å². The van der Waals surface area contributed by atoms with Crippen LogP contribution in [0.1, 0.15) is 59.3 Å². The largest absolute Gasteiger partial charge is 0.274 e. The summed E-state index contributed by atoms with van der Waals surface area (Å²) in [5.41, 5.74) is 2.63. The van der Waals surface area contributed by atoms with Crippen molar-refractivity contribution >= 4 is 50.4 Å². The molecule has 0 bridgehead atoms. The number of sulfonamides is 1. The first kappa shape index (κ1) is 25.1. The van der Waals surface area contributed by atoms with Gasteiger partial charge < -0.3 is 0 Å². The SMILES string of the molecule is CCN(CC)S(=O)(=O)c1ccc(C(=O)N2N=C3/C(=C\c4cccs4)CCCC3C2c2cccs2)cc1. The Balaban J connectivity index is 1.49. The van der Waals surface area contributed by atoms with Crippen molar-refractivity contribution in [2.24, 2.45) is 11.0 Å². The molecule has 36 heavy (non-hydrogen) atoms. The third-order valence-electron chi connectivity index (χ3n) is 6.85. The zero-order valence-corrected chi connectivity index (χ0v) is 22.8. The summed E-state index contributed by atoms with van der Waals surface area (Å²) in [6.45, 7) is 4.43. The minimum atomic E-state index is -3.58. The van der Waals surface area contributed by atoms with E-state index in [-0.39, 0.29) is 22.8 Å². The van der Waals surface area contributed by atoms with Gasteiger partial charge in [-0.1, -0.05) is 26.0 Å². The zero-order chi connectivity index (χ0) is 25.3. The molecule has 1 aromatic carbocycles. The quantitative estimate of drug-likeness (QED) is 0.355. The highest BCUT2D eigenvalue weighted by Crippen LogP contribution is 2.46. The molecule has 9 heteroatoms. The molecule has 5 rings (SSSR count). The van der Waals surface area contributed by atoms with Gasteiger partial charge in [0.1, 0.15) is 0 Å². The topological polar surface area (TPSA) is 70.1 Å². The lowest BCUT2D eigenvalue weighted by atomic mass is 9.79. The van der Waals surface area contributed by atoms with E-state index in [9.17, 15) is 13.2 Å². The second-order valence-electron chi connectivity index (χ2n) is 8.89. The molecule has 0 saturated heterocycles. The number of nitrogens with zero attached hydrogens (tertiary/aromatic N) is 3. The van der Waals surface area contributed by atoms with E-state index in [0.29, 0.717) is 18.7 Å². The molecule has 0 N–H and O–H groups in total. The zero-order valence-electron chi connectivity index (χ0n) is 20.3. The van der Waals surface area contributed by atoms with Crippen LogP contribution in [0.2, 0.25) is 0 Å². The minimum absolute atomic E-state index is 0.148. The number of hydrogen-bond acceptors (Lipinski definition) is 6. The van der Waals surface area contributed by atoms with E-state index in [1.54, 1.807) is 39.8 Å². The predicted octanol–water partition coefficient (Wildman–Crippen LogP) is 6.28. The summed E-state index contributed by atoms with van der Waals surface area (Å²) in [6.07, 6.45) is 5.20. The molecule has 2 aliphatic rings. The molecule has 0 radical (unpaired) electrons. The van der Waals surface area contributed by atoms with E-state index in [1.807, 2.05) is 31.4 Å². The van der Waals surface area contributed by atoms with Crippen LogP contribution in [-0.2, 0) is 10.0 Å². The van der Waals surface area contributed by atoms with Gasteiger partial charge in [0.15, 0.2) is 0 Å². The van der Waals surface area contributed by atoms with Gasteiger partial charge in [-0.05, 0) is 78.1 Å². The molecule has 1 aliphatic heterocycles. The third kappa shape index (κ3) is 4.61. The molecule has 1 saturated carbocycles. The molecular formula is C27H29N3O3S3. The predicted molar refractivity (Wildman–Crippen MR) is 147 cm³/mol. The number of thiophene rings is 2. The van der Waals surface area contributed by atoms with E-state index in [0.717, 1.165) is 29.9 Å². The maximum Gasteiger partial charge on any atom is 0.274 e. The Bertz CT molecular complexity index is 1370. The van der Waals surface area contributed by atoms with Crippen molar-refractivity contribution in [3.05, 3.63) is 80.2 Å². The Hall–Kier alpha value is -2.59. The summed E-state index contributed by atoms with van der Waals surface area (Å²) in [7, 11) is -3.58. The van der Waals surface area contributed by atoms with Gasteiger partial charge >= 0.3 is 0 Å². The fourth-order valence-electron chi connectivity index (χ4n) is 5.07. The van der Waals surface area contributed by atoms with Crippen molar-refractivity contribution in [1.82, 2.24) is 9.31 Å². The van der Waals surface area contributed by atoms with Gasteiger partial charge in [0, 0.05) is 34.3 Å². The van der Waals surface area contributed by atoms with Crippen LogP contribution < -0.4 is 0 Å². The van der Waals surface area contributed by atoms with Crippen LogP contribution in [0.5, 0.6) is 0 Å². The molecule has 2 unspecified atom stereocenters. The summed E-state index contributed by atoms with van der Waals surface area (Å²) >= 11 is 3.34. The fourth-order valence-corrected chi connectivity index (χ4v) is 8.08. The highest BCUT2D eigenvalue weighted by atomic mass is 32.2. The second-order valence-corrected chi connectivity index (χ2v) is 12.8. The first-order valence-electron chi connectivity index (χ1n) is 12.2. The number of allylic oxidation sites excluding steroid dienone is 1. The Labute approximate surface area is 220 Å². The van der Waals surface area contributed by atoms with Gasteiger partial charge in [-0.3, -0.25) is 4.79 Å². The lowest BCUT2D eigenvalue weighted by molar-refractivity contribution is 0.0684. The molecule has 3 aromatic rings. The molecule has 3 heterocycles. The summed E-state index contributed by atoms with van der Waals surface area (Å²) < 4.78 is 27.2. The van der Waals surface area contributed by atoms with Gasteiger partial charge in [0.05, 0.1) is 16.6 Å². The molecule has 6 nitrogen and oxygen atoms in total. The maximum absolute atomic E-state index is 13.8. The van der Waals surface area contributed by atoms with Crippen LogP contribution in [-0.4, -0.2) is 42.4 Å². The van der Waals surface area contributed by atoms with Gasteiger partial charge in [-0.2, -0.15) is 9.41 Å². The second kappa shape index (κ2) is 10.4. The summed E-state index contributed by atoms with van der Waals surface area (Å²) in [4.78, 5) is 16.3. The molecule has 2 aromatic heterocycles. The van der Waals surface area contributed by atoms with Gasteiger partial charge in [0.25, 0.3) is 5.91 Å². The first-order valence-corrected chi connectivity index (χ1v) is 15.4.